The van der Waals surface area contributed by atoms with Crippen molar-refractivity contribution in [2.24, 2.45) is 28.9 Å². The highest BCUT2D eigenvalue weighted by atomic mass is 14.8. The smallest absolute Gasteiger partial charge is 0.0180 e. The summed E-state index contributed by atoms with van der Waals surface area (Å²) in [6.07, 6.45) is 13.5. The Morgan fingerprint density at radius 1 is 1.09 bits per heavy atom. The Labute approximate surface area is 140 Å². The standard InChI is InChI=1S/C21H43N/c1-7-8-11-17(2)13-10-15-21(6,22)20(4,5)19-14-9-12-18(3)16-19/h17-19H,7-16,22H2,1-6H3. The number of nitrogens with two attached hydrogens (primary N) is 1. The van der Waals surface area contributed by atoms with Gasteiger partial charge in [0.1, 0.15) is 0 Å². The largest absolute Gasteiger partial charge is 0.325 e. The summed E-state index contributed by atoms with van der Waals surface area (Å²) < 4.78 is 0. The summed E-state index contributed by atoms with van der Waals surface area (Å²) in [4.78, 5) is 0. The fourth-order valence-electron chi connectivity index (χ4n) is 4.39. The Kier molecular flexibility index (Phi) is 7.92. The minimum atomic E-state index is -0.0286. The van der Waals surface area contributed by atoms with Gasteiger partial charge in [-0.05, 0) is 49.4 Å². The molecular formula is C21H43N. The molecule has 22 heavy (non-hydrogen) atoms. The molecule has 1 rings (SSSR count). The van der Waals surface area contributed by atoms with Crippen molar-refractivity contribution >= 4 is 0 Å². The van der Waals surface area contributed by atoms with Crippen LogP contribution in [-0.2, 0) is 0 Å². The van der Waals surface area contributed by atoms with Gasteiger partial charge in [-0.1, -0.05) is 79.6 Å². The molecule has 4 unspecified atom stereocenters. The summed E-state index contributed by atoms with van der Waals surface area (Å²) in [5, 5.41) is 0. The topological polar surface area (TPSA) is 26.0 Å². The van der Waals surface area contributed by atoms with Crippen LogP contribution in [0.25, 0.3) is 0 Å². The minimum Gasteiger partial charge on any atom is -0.325 e. The molecule has 1 heteroatoms. The van der Waals surface area contributed by atoms with Crippen molar-refractivity contribution in [1.82, 2.24) is 0 Å². The van der Waals surface area contributed by atoms with Gasteiger partial charge in [-0.3, -0.25) is 0 Å². The molecule has 0 aromatic carbocycles. The average molecular weight is 310 g/mol. The van der Waals surface area contributed by atoms with E-state index in [1.54, 1.807) is 0 Å². The predicted molar refractivity (Wildman–Crippen MR) is 100 cm³/mol. The van der Waals surface area contributed by atoms with Crippen molar-refractivity contribution in [3.63, 3.8) is 0 Å². The lowest BCUT2D eigenvalue weighted by molar-refractivity contribution is 0.0463. The van der Waals surface area contributed by atoms with Crippen LogP contribution in [-0.4, -0.2) is 5.54 Å². The first-order chi connectivity index (χ1) is 10.2. The van der Waals surface area contributed by atoms with Gasteiger partial charge in [0.05, 0.1) is 0 Å². The van der Waals surface area contributed by atoms with Crippen molar-refractivity contribution < 1.29 is 0 Å². The molecule has 2 N–H and O–H groups in total. The summed E-state index contributed by atoms with van der Waals surface area (Å²) in [6.45, 7) is 14.3. The lowest BCUT2D eigenvalue weighted by Gasteiger charge is -2.49. The highest BCUT2D eigenvalue weighted by Crippen LogP contribution is 2.47. The summed E-state index contributed by atoms with van der Waals surface area (Å²) in [6, 6.07) is 0. The van der Waals surface area contributed by atoms with Crippen molar-refractivity contribution in [3.05, 3.63) is 0 Å². The van der Waals surface area contributed by atoms with Gasteiger partial charge in [-0.15, -0.1) is 0 Å². The molecule has 1 aliphatic rings. The fourth-order valence-corrected chi connectivity index (χ4v) is 4.39. The van der Waals surface area contributed by atoms with E-state index < -0.39 is 0 Å². The third-order valence-electron chi connectivity index (χ3n) is 6.87. The third kappa shape index (κ3) is 5.55. The Hall–Kier alpha value is -0.0400. The first kappa shape index (κ1) is 20.0. The molecule has 0 aliphatic heterocycles. The Morgan fingerprint density at radius 2 is 1.73 bits per heavy atom. The quantitative estimate of drug-likeness (QED) is 0.513. The van der Waals surface area contributed by atoms with Crippen LogP contribution in [0, 0.1) is 23.2 Å². The van der Waals surface area contributed by atoms with Crippen LogP contribution in [0.3, 0.4) is 0 Å². The molecule has 0 radical (unpaired) electrons. The van der Waals surface area contributed by atoms with Crippen LogP contribution in [0.2, 0.25) is 0 Å². The van der Waals surface area contributed by atoms with E-state index in [0.717, 1.165) is 17.8 Å². The second-order valence-electron chi connectivity index (χ2n) is 9.25. The molecule has 0 amide bonds. The van der Waals surface area contributed by atoms with Crippen LogP contribution in [0.15, 0.2) is 0 Å². The Morgan fingerprint density at radius 3 is 2.32 bits per heavy atom. The van der Waals surface area contributed by atoms with E-state index in [1.807, 2.05) is 0 Å². The first-order valence-corrected chi connectivity index (χ1v) is 9.99. The first-order valence-electron chi connectivity index (χ1n) is 9.99. The normalized spacial score (nSPS) is 27.4. The zero-order valence-corrected chi connectivity index (χ0v) is 16.4. The number of hydrogen-bond acceptors (Lipinski definition) is 1. The van der Waals surface area contributed by atoms with E-state index >= 15 is 0 Å². The lowest BCUT2D eigenvalue weighted by Crippen LogP contribution is -2.54. The average Bonchev–Trinajstić information content (AvgIpc) is 2.44. The number of unbranched alkanes of at least 4 members (excludes halogenated alkanes) is 1. The minimum absolute atomic E-state index is 0.0286. The maximum atomic E-state index is 6.86. The second-order valence-corrected chi connectivity index (χ2v) is 9.25. The van der Waals surface area contributed by atoms with Crippen LogP contribution in [0.1, 0.15) is 106 Å². The van der Waals surface area contributed by atoms with Gasteiger partial charge in [0, 0.05) is 5.54 Å². The number of rotatable bonds is 9. The highest BCUT2D eigenvalue weighted by molar-refractivity contribution is 4.99. The van der Waals surface area contributed by atoms with Crippen LogP contribution in [0.4, 0.5) is 0 Å². The fraction of sp³-hybridized carbons (Fsp3) is 1.00. The Bertz CT molecular complexity index is 305. The predicted octanol–water partition coefficient (Wildman–Crippen LogP) is 6.55. The van der Waals surface area contributed by atoms with Crippen LogP contribution in [0.5, 0.6) is 0 Å². The van der Waals surface area contributed by atoms with E-state index in [0.29, 0.717) is 0 Å². The van der Waals surface area contributed by atoms with Gasteiger partial charge in [-0.2, -0.15) is 0 Å². The van der Waals surface area contributed by atoms with E-state index in [4.69, 9.17) is 5.73 Å². The third-order valence-corrected chi connectivity index (χ3v) is 6.87. The maximum Gasteiger partial charge on any atom is 0.0180 e. The molecule has 132 valence electrons. The van der Waals surface area contributed by atoms with Gasteiger partial charge in [-0.25, -0.2) is 0 Å². The van der Waals surface area contributed by atoms with Gasteiger partial charge < -0.3 is 5.73 Å². The van der Waals surface area contributed by atoms with Crippen molar-refractivity contribution in [2.75, 3.05) is 0 Å². The van der Waals surface area contributed by atoms with Crippen molar-refractivity contribution in [2.45, 2.75) is 111 Å². The van der Waals surface area contributed by atoms with E-state index in [-0.39, 0.29) is 11.0 Å². The monoisotopic (exact) mass is 309 g/mol. The summed E-state index contributed by atoms with van der Waals surface area (Å²) in [7, 11) is 0. The van der Waals surface area contributed by atoms with Crippen LogP contribution < -0.4 is 5.73 Å². The molecule has 4 atom stereocenters. The van der Waals surface area contributed by atoms with E-state index in [2.05, 4.69) is 41.5 Å². The molecule has 1 aliphatic carbocycles. The van der Waals surface area contributed by atoms with Crippen molar-refractivity contribution in [1.29, 1.82) is 0 Å². The molecule has 0 heterocycles. The lowest BCUT2D eigenvalue weighted by atomic mass is 9.59. The van der Waals surface area contributed by atoms with E-state index in [1.165, 1.54) is 64.2 Å². The highest BCUT2D eigenvalue weighted by Gasteiger charge is 2.44. The summed E-state index contributed by atoms with van der Waals surface area (Å²) in [5.41, 5.74) is 7.09. The molecule has 0 saturated heterocycles. The molecule has 0 aromatic heterocycles. The zero-order chi connectivity index (χ0) is 16.8. The molecular weight excluding hydrogens is 266 g/mol. The molecule has 1 nitrogen and oxygen atoms in total. The van der Waals surface area contributed by atoms with Gasteiger partial charge >= 0.3 is 0 Å². The SMILES string of the molecule is CCCCC(C)CCCC(C)(N)C(C)(C)C1CCCC(C)C1. The summed E-state index contributed by atoms with van der Waals surface area (Å²) in [5.74, 6) is 2.57. The van der Waals surface area contributed by atoms with E-state index in [9.17, 15) is 0 Å². The summed E-state index contributed by atoms with van der Waals surface area (Å²) >= 11 is 0. The molecule has 0 bridgehead atoms. The maximum absolute atomic E-state index is 6.86. The molecule has 1 fully saturated rings. The van der Waals surface area contributed by atoms with Crippen molar-refractivity contribution in [3.8, 4) is 0 Å². The Balaban J connectivity index is 2.48. The molecule has 0 aromatic rings. The molecule has 1 saturated carbocycles. The number of hydrogen-bond donors (Lipinski definition) is 1. The van der Waals surface area contributed by atoms with Crippen LogP contribution >= 0.6 is 0 Å². The van der Waals surface area contributed by atoms with Gasteiger partial charge in [0.25, 0.3) is 0 Å². The van der Waals surface area contributed by atoms with Gasteiger partial charge in [0.15, 0.2) is 0 Å². The zero-order valence-electron chi connectivity index (χ0n) is 16.4. The molecule has 0 spiro atoms. The van der Waals surface area contributed by atoms with Gasteiger partial charge in [0.2, 0.25) is 0 Å². The second kappa shape index (κ2) is 8.71.